The number of nitrogens with two attached hydrogens (primary N) is 1. The number of hydrogen-bond donors (Lipinski definition) is 3. The lowest BCUT2D eigenvalue weighted by atomic mass is 9.99. The van der Waals surface area contributed by atoms with Gasteiger partial charge in [0.2, 0.25) is 0 Å². The number of hydrogen-bond acceptors (Lipinski definition) is 4. The van der Waals surface area contributed by atoms with Gasteiger partial charge in [0, 0.05) is 19.0 Å². The first-order chi connectivity index (χ1) is 9.24. The first kappa shape index (κ1) is 16.8. The summed E-state index contributed by atoms with van der Waals surface area (Å²) >= 11 is 3.33. The monoisotopic (exact) mass is 344 g/mol. The van der Waals surface area contributed by atoms with Gasteiger partial charge in [0.15, 0.2) is 0 Å². The normalized spacial score (nSPS) is 12.8. The van der Waals surface area contributed by atoms with Crippen molar-refractivity contribution in [2.45, 2.75) is 32.3 Å². The molecule has 0 aliphatic heterocycles. The van der Waals surface area contributed by atoms with E-state index in [-0.39, 0.29) is 11.7 Å². The standard InChI is InChI=1S/C14H21BrN2O3/c1-14(2,3)20-13(19)17-8-9(7-16)10-5-4-6-11(18)12(10)15/h4-6,9,18H,7-8,16H2,1-3H3,(H,17,19). The van der Waals surface area contributed by atoms with Gasteiger partial charge in [-0.15, -0.1) is 0 Å². The number of ether oxygens (including phenoxy) is 1. The van der Waals surface area contributed by atoms with Gasteiger partial charge in [0.25, 0.3) is 0 Å². The molecule has 1 aromatic carbocycles. The minimum atomic E-state index is -0.534. The van der Waals surface area contributed by atoms with Gasteiger partial charge >= 0.3 is 6.09 Å². The predicted octanol–water partition coefficient (Wildman–Crippen LogP) is 2.72. The third-order valence-corrected chi connectivity index (χ3v) is 3.49. The van der Waals surface area contributed by atoms with Crippen molar-refractivity contribution in [1.82, 2.24) is 5.32 Å². The molecule has 0 saturated heterocycles. The Morgan fingerprint density at radius 2 is 2.15 bits per heavy atom. The number of nitrogens with one attached hydrogen (secondary N) is 1. The Morgan fingerprint density at radius 1 is 1.50 bits per heavy atom. The highest BCUT2D eigenvalue weighted by molar-refractivity contribution is 9.10. The molecule has 112 valence electrons. The third kappa shape index (κ3) is 5.02. The highest BCUT2D eigenvalue weighted by atomic mass is 79.9. The molecule has 0 fully saturated rings. The van der Waals surface area contributed by atoms with Crippen LogP contribution in [-0.4, -0.2) is 29.9 Å². The number of amides is 1. The van der Waals surface area contributed by atoms with E-state index in [0.717, 1.165) is 5.56 Å². The molecule has 1 aromatic rings. The fraction of sp³-hybridized carbons (Fsp3) is 0.500. The summed E-state index contributed by atoms with van der Waals surface area (Å²) in [6.07, 6.45) is -0.479. The summed E-state index contributed by atoms with van der Waals surface area (Å²) in [6.45, 7) is 6.10. The molecule has 0 heterocycles. The van der Waals surface area contributed by atoms with Gasteiger partial charge in [-0.2, -0.15) is 0 Å². The zero-order valence-electron chi connectivity index (χ0n) is 11.9. The second kappa shape index (κ2) is 6.95. The van der Waals surface area contributed by atoms with E-state index in [4.69, 9.17) is 10.5 Å². The molecule has 6 heteroatoms. The summed E-state index contributed by atoms with van der Waals surface area (Å²) in [4.78, 5) is 11.6. The van der Waals surface area contributed by atoms with Crippen molar-refractivity contribution < 1.29 is 14.6 Å². The summed E-state index contributed by atoms with van der Waals surface area (Å²) in [5.41, 5.74) is 6.06. The summed E-state index contributed by atoms with van der Waals surface area (Å²) < 4.78 is 5.77. The zero-order valence-corrected chi connectivity index (χ0v) is 13.5. The van der Waals surface area contributed by atoms with E-state index < -0.39 is 11.7 Å². The van der Waals surface area contributed by atoms with Crippen LogP contribution in [0, 0.1) is 0 Å². The summed E-state index contributed by atoms with van der Waals surface area (Å²) in [5, 5.41) is 12.4. The van der Waals surface area contributed by atoms with Crippen LogP contribution in [0.4, 0.5) is 4.79 Å². The van der Waals surface area contributed by atoms with E-state index in [1.165, 1.54) is 0 Å². The first-order valence-electron chi connectivity index (χ1n) is 6.39. The smallest absolute Gasteiger partial charge is 0.407 e. The molecule has 0 aromatic heterocycles. The molecule has 1 atom stereocenters. The maximum absolute atomic E-state index is 11.6. The Bertz CT molecular complexity index is 472. The van der Waals surface area contributed by atoms with Crippen LogP contribution in [0.3, 0.4) is 0 Å². The van der Waals surface area contributed by atoms with Crippen molar-refractivity contribution in [3.05, 3.63) is 28.2 Å². The molecule has 1 unspecified atom stereocenters. The Balaban J connectivity index is 2.69. The van der Waals surface area contributed by atoms with Gasteiger partial charge in [-0.1, -0.05) is 12.1 Å². The van der Waals surface area contributed by atoms with Gasteiger partial charge in [-0.3, -0.25) is 0 Å². The third-order valence-electron chi connectivity index (χ3n) is 2.62. The van der Waals surface area contributed by atoms with Crippen LogP contribution < -0.4 is 11.1 Å². The van der Waals surface area contributed by atoms with E-state index in [0.29, 0.717) is 17.6 Å². The van der Waals surface area contributed by atoms with E-state index in [1.807, 2.05) is 6.07 Å². The predicted molar refractivity (Wildman–Crippen MR) is 81.8 cm³/mol. The zero-order chi connectivity index (χ0) is 15.3. The Labute approximate surface area is 127 Å². The molecule has 1 amide bonds. The van der Waals surface area contributed by atoms with Crippen LogP contribution >= 0.6 is 15.9 Å². The SMILES string of the molecule is CC(C)(C)OC(=O)NCC(CN)c1cccc(O)c1Br. The highest BCUT2D eigenvalue weighted by Gasteiger charge is 2.19. The fourth-order valence-electron chi connectivity index (χ4n) is 1.69. The van der Waals surface area contributed by atoms with Crippen molar-refractivity contribution in [3.8, 4) is 5.75 Å². The van der Waals surface area contributed by atoms with Crippen LogP contribution in [0.1, 0.15) is 32.3 Å². The number of alkyl carbamates (subject to hydrolysis) is 1. The van der Waals surface area contributed by atoms with E-state index in [1.54, 1.807) is 32.9 Å². The molecule has 0 spiro atoms. The lowest BCUT2D eigenvalue weighted by molar-refractivity contribution is 0.0525. The minimum absolute atomic E-state index is 0.107. The van der Waals surface area contributed by atoms with Crippen LogP contribution in [0.2, 0.25) is 0 Å². The van der Waals surface area contributed by atoms with Crippen LogP contribution in [0.5, 0.6) is 5.75 Å². The number of benzene rings is 1. The van der Waals surface area contributed by atoms with Crippen LogP contribution in [0.15, 0.2) is 22.7 Å². The molecule has 5 nitrogen and oxygen atoms in total. The number of aromatic hydroxyl groups is 1. The quantitative estimate of drug-likeness (QED) is 0.783. The molecule has 0 radical (unpaired) electrons. The van der Waals surface area contributed by atoms with Crippen molar-refractivity contribution in [1.29, 1.82) is 0 Å². The average Bonchev–Trinajstić information content (AvgIpc) is 2.32. The summed E-state index contributed by atoms with van der Waals surface area (Å²) in [5.74, 6) is 0.0437. The summed E-state index contributed by atoms with van der Waals surface area (Å²) in [6, 6.07) is 5.19. The van der Waals surface area contributed by atoms with E-state index in [9.17, 15) is 9.90 Å². The number of phenolic OH excluding ortho intramolecular Hbond substituents is 1. The van der Waals surface area contributed by atoms with E-state index in [2.05, 4.69) is 21.2 Å². The highest BCUT2D eigenvalue weighted by Crippen LogP contribution is 2.31. The van der Waals surface area contributed by atoms with Crippen molar-refractivity contribution in [2.24, 2.45) is 5.73 Å². The van der Waals surface area contributed by atoms with Crippen molar-refractivity contribution in [3.63, 3.8) is 0 Å². The lowest BCUT2D eigenvalue weighted by Crippen LogP contribution is -2.36. The fourth-order valence-corrected chi connectivity index (χ4v) is 2.28. The van der Waals surface area contributed by atoms with Crippen molar-refractivity contribution >= 4 is 22.0 Å². The van der Waals surface area contributed by atoms with Gasteiger partial charge in [0.05, 0.1) is 4.47 Å². The molecule has 4 N–H and O–H groups in total. The molecule has 1 rings (SSSR count). The molecular formula is C14H21BrN2O3. The molecule has 0 aliphatic carbocycles. The van der Waals surface area contributed by atoms with Crippen LogP contribution in [-0.2, 0) is 4.74 Å². The first-order valence-corrected chi connectivity index (χ1v) is 7.18. The molecule has 0 saturated carbocycles. The van der Waals surface area contributed by atoms with Gasteiger partial charge in [-0.05, 0) is 48.3 Å². The molecular weight excluding hydrogens is 324 g/mol. The Kier molecular flexibility index (Phi) is 5.83. The lowest BCUT2D eigenvalue weighted by Gasteiger charge is -2.22. The van der Waals surface area contributed by atoms with Crippen molar-refractivity contribution in [2.75, 3.05) is 13.1 Å². The van der Waals surface area contributed by atoms with Gasteiger partial charge in [-0.25, -0.2) is 4.79 Å². The number of rotatable bonds is 4. The average molecular weight is 345 g/mol. The Hall–Kier alpha value is -1.27. The van der Waals surface area contributed by atoms with Crippen LogP contribution in [0.25, 0.3) is 0 Å². The number of halogens is 1. The Morgan fingerprint density at radius 3 is 2.70 bits per heavy atom. The summed E-state index contributed by atoms with van der Waals surface area (Å²) in [7, 11) is 0. The second-order valence-corrected chi connectivity index (χ2v) is 6.29. The topological polar surface area (TPSA) is 84.6 Å². The van der Waals surface area contributed by atoms with E-state index >= 15 is 0 Å². The van der Waals surface area contributed by atoms with Gasteiger partial charge < -0.3 is 20.9 Å². The molecule has 0 bridgehead atoms. The number of carbonyl (C=O) groups excluding carboxylic acids is 1. The number of phenols is 1. The number of carbonyl (C=O) groups is 1. The second-order valence-electron chi connectivity index (χ2n) is 5.50. The van der Waals surface area contributed by atoms with Gasteiger partial charge in [0.1, 0.15) is 11.4 Å². The maximum atomic E-state index is 11.6. The largest absolute Gasteiger partial charge is 0.507 e. The molecule has 0 aliphatic rings. The minimum Gasteiger partial charge on any atom is -0.507 e. The molecule has 20 heavy (non-hydrogen) atoms. The maximum Gasteiger partial charge on any atom is 0.407 e.